The predicted octanol–water partition coefficient (Wildman–Crippen LogP) is 5.23. The number of halogens is 3. The molecule has 0 amide bonds. The Morgan fingerprint density at radius 3 is 2.36 bits per heavy atom. The average molecular weight is 512 g/mol. The molecule has 1 aliphatic rings. The van der Waals surface area contributed by atoms with Gasteiger partial charge in [-0.05, 0) is 60.7 Å². The van der Waals surface area contributed by atoms with Gasteiger partial charge in [-0.15, -0.1) is 0 Å². The fourth-order valence-corrected chi connectivity index (χ4v) is 4.33. The van der Waals surface area contributed by atoms with E-state index >= 15 is 0 Å². The van der Waals surface area contributed by atoms with Crippen molar-refractivity contribution in [2.24, 2.45) is 0 Å². The molecular weight excluding hydrogens is 491 g/mol. The number of rotatable bonds is 4. The number of hydrogen-bond acceptors (Lipinski definition) is 5. The van der Waals surface area contributed by atoms with Crippen LogP contribution < -0.4 is 10.9 Å². The maximum absolute atomic E-state index is 9.10. The number of aliphatic carboxylic acids is 2. The summed E-state index contributed by atoms with van der Waals surface area (Å²) in [6.45, 7) is 0. The van der Waals surface area contributed by atoms with Crippen molar-refractivity contribution >= 4 is 52.4 Å². The molecule has 0 saturated carbocycles. The lowest BCUT2D eigenvalue weighted by atomic mass is 9.96. The molecule has 1 aromatic heterocycles. The standard InChI is InChI=1S/C20H19Cl3N4.C2H2O4/c21-14-4-6-16-13(10-14)2-1-3-19(27-9-8-24-12-27)20(16)26-25-18-7-5-15(22)11-17(18)23;3-1(4)2(5)6/h4-12,19-20,25-26H,1-3H2;(H,3,4)(H,5,6). The first-order chi connectivity index (χ1) is 15.8. The van der Waals surface area contributed by atoms with E-state index in [1.807, 2.05) is 36.9 Å². The molecule has 0 aliphatic heterocycles. The Hall–Kier alpha value is -2.78. The van der Waals surface area contributed by atoms with Gasteiger partial charge in [-0.2, -0.15) is 0 Å². The van der Waals surface area contributed by atoms with Crippen LogP contribution in [0.15, 0.2) is 55.1 Å². The van der Waals surface area contributed by atoms with E-state index in [4.69, 9.17) is 54.6 Å². The summed E-state index contributed by atoms with van der Waals surface area (Å²) in [5.41, 5.74) is 10.0. The second kappa shape index (κ2) is 11.4. The molecule has 174 valence electrons. The van der Waals surface area contributed by atoms with E-state index in [-0.39, 0.29) is 12.1 Å². The van der Waals surface area contributed by atoms with Crippen LogP contribution in [0, 0.1) is 0 Å². The highest BCUT2D eigenvalue weighted by Crippen LogP contribution is 2.37. The molecule has 4 N–H and O–H groups in total. The number of aryl methyl sites for hydroxylation is 1. The molecule has 0 bridgehead atoms. The molecule has 1 heterocycles. The van der Waals surface area contributed by atoms with Crippen molar-refractivity contribution in [3.05, 3.63) is 81.3 Å². The van der Waals surface area contributed by atoms with E-state index in [0.29, 0.717) is 10.0 Å². The van der Waals surface area contributed by atoms with Crippen LogP contribution in [0.1, 0.15) is 36.1 Å². The smallest absolute Gasteiger partial charge is 0.414 e. The fourth-order valence-electron chi connectivity index (χ4n) is 3.68. The zero-order chi connectivity index (χ0) is 24.0. The Morgan fingerprint density at radius 2 is 1.73 bits per heavy atom. The van der Waals surface area contributed by atoms with Crippen LogP contribution in [0.25, 0.3) is 0 Å². The minimum Gasteiger partial charge on any atom is -0.473 e. The van der Waals surface area contributed by atoms with Crippen molar-refractivity contribution in [3.63, 3.8) is 0 Å². The quantitative estimate of drug-likeness (QED) is 0.215. The molecule has 0 radical (unpaired) electrons. The Kier molecular flexibility index (Phi) is 8.57. The van der Waals surface area contributed by atoms with Crippen LogP contribution in [0.5, 0.6) is 0 Å². The maximum atomic E-state index is 9.10. The van der Waals surface area contributed by atoms with Crippen LogP contribution in [0.3, 0.4) is 0 Å². The summed E-state index contributed by atoms with van der Waals surface area (Å²) in [4.78, 5) is 22.4. The number of aromatic nitrogens is 2. The topological polar surface area (TPSA) is 116 Å². The number of nitrogens with one attached hydrogen (secondary N) is 2. The zero-order valence-corrected chi connectivity index (χ0v) is 19.5. The first-order valence-electron chi connectivity index (χ1n) is 9.95. The molecule has 2 aromatic carbocycles. The molecular formula is C22H21Cl3N4O4. The number of hydrazine groups is 1. The predicted molar refractivity (Wildman–Crippen MR) is 127 cm³/mol. The number of anilines is 1. The molecule has 0 spiro atoms. The molecule has 4 rings (SSSR count). The van der Waals surface area contributed by atoms with Gasteiger partial charge in [0.25, 0.3) is 0 Å². The number of fused-ring (bicyclic) bond motifs is 1. The number of benzene rings is 2. The monoisotopic (exact) mass is 510 g/mol. The van der Waals surface area contributed by atoms with Gasteiger partial charge in [0.15, 0.2) is 0 Å². The summed E-state index contributed by atoms with van der Waals surface area (Å²) in [6.07, 6.45) is 8.80. The van der Waals surface area contributed by atoms with Crippen molar-refractivity contribution in [1.82, 2.24) is 15.0 Å². The molecule has 2 atom stereocenters. The van der Waals surface area contributed by atoms with Crippen LogP contribution in [0.4, 0.5) is 5.69 Å². The molecule has 33 heavy (non-hydrogen) atoms. The first kappa shape index (κ1) is 24.9. The second-order valence-corrected chi connectivity index (χ2v) is 8.57. The highest BCUT2D eigenvalue weighted by atomic mass is 35.5. The van der Waals surface area contributed by atoms with Gasteiger partial charge in [-0.3, -0.25) is 0 Å². The minimum atomic E-state index is -1.82. The highest BCUT2D eigenvalue weighted by Gasteiger charge is 2.29. The van der Waals surface area contributed by atoms with Gasteiger partial charge >= 0.3 is 11.9 Å². The largest absolute Gasteiger partial charge is 0.473 e. The van der Waals surface area contributed by atoms with E-state index in [9.17, 15) is 0 Å². The van der Waals surface area contributed by atoms with Crippen LogP contribution in [-0.2, 0) is 16.0 Å². The van der Waals surface area contributed by atoms with Crippen molar-refractivity contribution in [3.8, 4) is 0 Å². The van der Waals surface area contributed by atoms with Crippen LogP contribution >= 0.6 is 34.8 Å². The number of imidazole rings is 1. The Bertz CT molecular complexity index is 1110. The minimum absolute atomic E-state index is 0.0284. The van der Waals surface area contributed by atoms with Gasteiger partial charge in [0.1, 0.15) is 0 Å². The van der Waals surface area contributed by atoms with Gasteiger partial charge in [0, 0.05) is 22.4 Å². The van der Waals surface area contributed by atoms with Gasteiger partial charge in [-0.25, -0.2) is 20.0 Å². The third-order valence-corrected chi connectivity index (χ3v) is 5.94. The van der Waals surface area contributed by atoms with Crippen LogP contribution in [-0.4, -0.2) is 31.7 Å². The molecule has 3 aromatic rings. The lowest BCUT2D eigenvalue weighted by molar-refractivity contribution is -0.159. The Morgan fingerprint density at radius 1 is 1.03 bits per heavy atom. The zero-order valence-electron chi connectivity index (χ0n) is 17.2. The van der Waals surface area contributed by atoms with Crippen molar-refractivity contribution < 1.29 is 19.8 Å². The highest BCUT2D eigenvalue weighted by molar-refractivity contribution is 6.36. The second-order valence-electron chi connectivity index (χ2n) is 7.29. The van der Waals surface area contributed by atoms with Crippen molar-refractivity contribution in [2.45, 2.75) is 31.3 Å². The van der Waals surface area contributed by atoms with E-state index in [1.54, 1.807) is 6.07 Å². The summed E-state index contributed by atoms with van der Waals surface area (Å²) < 4.78 is 2.16. The van der Waals surface area contributed by atoms with Gasteiger partial charge < -0.3 is 20.2 Å². The fraction of sp³-hybridized carbons (Fsp3) is 0.227. The van der Waals surface area contributed by atoms with E-state index in [2.05, 4.69) is 32.5 Å². The number of nitrogens with zero attached hydrogens (tertiary/aromatic N) is 2. The normalized spacial score (nSPS) is 17.2. The first-order valence-corrected chi connectivity index (χ1v) is 11.1. The van der Waals surface area contributed by atoms with E-state index in [1.165, 1.54) is 11.1 Å². The van der Waals surface area contributed by atoms with Gasteiger partial charge in [0.05, 0.1) is 29.1 Å². The Labute approximate surface area is 205 Å². The van der Waals surface area contributed by atoms with E-state index in [0.717, 1.165) is 30.0 Å². The Balaban J connectivity index is 0.000000454. The van der Waals surface area contributed by atoms with Crippen molar-refractivity contribution in [1.29, 1.82) is 0 Å². The maximum Gasteiger partial charge on any atom is 0.414 e. The summed E-state index contributed by atoms with van der Waals surface area (Å²) in [6, 6.07) is 11.8. The van der Waals surface area contributed by atoms with E-state index < -0.39 is 11.9 Å². The average Bonchev–Trinajstić information content (AvgIpc) is 3.23. The molecule has 2 unspecified atom stereocenters. The summed E-state index contributed by atoms with van der Waals surface area (Å²) in [5.74, 6) is -3.65. The summed E-state index contributed by atoms with van der Waals surface area (Å²) in [5, 5.41) is 16.7. The molecule has 11 heteroatoms. The van der Waals surface area contributed by atoms with Gasteiger partial charge in [-0.1, -0.05) is 40.9 Å². The molecule has 0 saturated heterocycles. The third kappa shape index (κ3) is 6.61. The van der Waals surface area contributed by atoms with Crippen molar-refractivity contribution in [2.75, 3.05) is 5.43 Å². The summed E-state index contributed by atoms with van der Waals surface area (Å²) in [7, 11) is 0. The lowest BCUT2D eigenvalue weighted by Gasteiger charge is -2.29. The summed E-state index contributed by atoms with van der Waals surface area (Å²) >= 11 is 18.6. The SMILES string of the molecule is Clc1ccc(NNC2c3ccc(Cl)cc3CCCC2n2ccnc2)c(Cl)c1.O=C(O)C(=O)O. The lowest BCUT2D eigenvalue weighted by Crippen LogP contribution is -2.34. The number of carboxylic acid groups (broad SMARTS) is 2. The van der Waals surface area contributed by atoms with Gasteiger partial charge in [0.2, 0.25) is 0 Å². The molecule has 1 aliphatic carbocycles. The third-order valence-electron chi connectivity index (χ3n) is 5.16. The number of hydrogen-bond donors (Lipinski definition) is 4. The van der Waals surface area contributed by atoms with Crippen LogP contribution in [0.2, 0.25) is 15.1 Å². The molecule has 8 nitrogen and oxygen atoms in total. The molecule has 0 fully saturated rings. The number of carbonyl (C=O) groups is 2. The number of carboxylic acids is 2.